The van der Waals surface area contributed by atoms with Gasteiger partial charge < -0.3 is 4.57 Å². The van der Waals surface area contributed by atoms with Crippen molar-refractivity contribution >= 4 is 21.8 Å². The average molecular weight is 593 g/mol. The number of fused-ring (bicyclic) bond motifs is 7. The Balaban J connectivity index is 1.20. The van der Waals surface area contributed by atoms with E-state index in [1.54, 1.807) is 0 Å². The molecule has 4 heteroatoms. The van der Waals surface area contributed by atoms with E-state index in [9.17, 15) is 0 Å². The van der Waals surface area contributed by atoms with Crippen molar-refractivity contribution in [3.8, 4) is 39.6 Å². The summed E-state index contributed by atoms with van der Waals surface area (Å²) in [5, 5.41) is 2.59. The standard InChI is InChI=1S/C42H32N4/c1-42(2)33-19-11-9-17-31(33)37-34(42)25-26-36-38(37)32-18-10-12-20-35(32)46(36)30-23-21-29(22-24-30)41-44-39(27-13-5-3-6-14-27)43-40(45-41)28-15-7-4-8-16-28/h3-15,17-26,28H,16H2,1-2H3. The summed E-state index contributed by atoms with van der Waals surface area (Å²) in [7, 11) is 0. The molecule has 0 bridgehead atoms. The fourth-order valence-corrected chi connectivity index (χ4v) is 7.47. The Hall–Kier alpha value is -5.61. The fraction of sp³-hybridized carbons (Fsp3) is 0.119. The molecular formula is C42H32N4. The summed E-state index contributed by atoms with van der Waals surface area (Å²) in [6, 6.07) is 41.2. The van der Waals surface area contributed by atoms with Crippen molar-refractivity contribution in [3.63, 3.8) is 0 Å². The van der Waals surface area contributed by atoms with Crippen LogP contribution < -0.4 is 0 Å². The van der Waals surface area contributed by atoms with E-state index in [1.165, 1.54) is 44.1 Å². The second kappa shape index (κ2) is 10.2. The highest BCUT2D eigenvalue weighted by Crippen LogP contribution is 2.53. The van der Waals surface area contributed by atoms with E-state index >= 15 is 0 Å². The van der Waals surface area contributed by atoms with Crippen LogP contribution in [0.3, 0.4) is 0 Å². The molecule has 2 aliphatic rings. The molecule has 1 unspecified atom stereocenters. The average Bonchev–Trinajstić information content (AvgIpc) is 3.58. The van der Waals surface area contributed by atoms with Gasteiger partial charge in [-0.1, -0.05) is 117 Å². The van der Waals surface area contributed by atoms with Gasteiger partial charge in [-0.25, -0.2) is 15.0 Å². The maximum atomic E-state index is 5.01. The predicted octanol–water partition coefficient (Wildman–Crippen LogP) is 10.2. The first-order valence-electron chi connectivity index (χ1n) is 16.0. The van der Waals surface area contributed by atoms with Gasteiger partial charge >= 0.3 is 0 Å². The SMILES string of the molecule is CC1(C)c2ccccc2-c2c1ccc1c2c2ccccc2n1-c1ccc(-c2nc(-c3ccccc3)nc(C3C=CC=CC3)n2)cc1. The van der Waals surface area contributed by atoms with Gasteiger partial charge in [0.05, 0.1) is 11.0 Å². The first kappa shape index (κ1) is 26.8. The van der Waals surface area contributed by atoms with Crippen molar-refractivity contribution in [1.29, 1.82) is 0 Å². The maximum absolute atomic E-state index is 5.01. The van der Waals surface area contributed by atoms with Crippen LogP contribution in [0.15, 0.2) is 140 Å². The van der Waals surface area contributed by atoms with E-state index in [-0.39, 0.29) is 11.3 Å². The van der Waals surface area contributed by atoms with Gasteiger partial charge in [0.1, 0.15) is 5.82 Å². The quantitative estimate of drug-likeness (QED) is 0.204. The molecule has 0 fully saturated rings. The molecule has 0 saturated heterocycles. The molecule has 220 valence electrons. The van der Waals surface area contributed by atoms with E-state index < -0.39 is 0 Å². The van der Waals surface area contributed by atoms with Gasteiger partial charge in [0, 0.05) is 38.9 Å². The Morgan fingerprint density at radius 3 is 2.13 bits per heavy atom. The van der Waals surface area contributed by atoms with Crippen LogP contribution in [-0.4, -0.2) is 19.5 Å². The molecule has 0 N–H and O–H groups in total. The highest BCUT2D eigenvalue weighted by molar-refractivity contribution is 6.17. The van der Waals surface area contributed by atoms with E-state index in [2.05, 4.69) is 140 Å². The zero-order chi connectivity index (χ0) is 30.8. The Bertz CT molecular complexity index is 2360. The van der Waals surface area contributed by atoms with Crippen LogP contribution in [0.5, 0.6) is 0 Å². The lowest BCUT2D eigenvalue weighted by Gasteiger charge is -2.21. The van der Waals surface area contributed by atoms with Crippen molar-refractivity contribution < 1.29 is 0 Å². The molecule has 0 aliphatic heterocycles. The molecule has 4 nitrogen and oxygen atoms in total. The Labute approximate surface area is 268 Å². The summed E-state index contributed by atoms with van der Waals surface area (Å²) in [6.45, 7) is 4.69. The van der Waals surface area contributed by atoms with Crippen LogP contribution in [0, 0.1) is 0 Å². The number of hydrogen-bond donors (Lipinski definition) is 0. The minimum absolute atomic E-state index is 0.0450. The Morgan fingerprint density at radius 1 is 0.630 bits per heavy atom. The number of para-hydroxylation sites is 1. The van der Waals surface area contributed by atoms with E-state index in [0.717, 1.165) is 29.1 Å². The van der Waals surface area contributed by atoms with Crippen molar-refractivity contribution in [3.05, 3.63) is 157 Å². The number of hydrogen-bond acceptors (Lipinski definition) is 3. The Morgan fingerprint density at radius 2 is 1.35 bits per heavy atom. The smallest absolute Gasteiger partial charge is 0.163 e. The second-order valence-electron chi connectivity index (χ2n) is 12.8. The minimum atomic E-state index is -0.0450. The van der Waals surface area contributed by atoms with Crippen molar-refractivity contribution in [2.45, 2.75) is 31.6 Å². The molecule has 2 aromatic heterocycles. The summed E-state index contributed by atoms with van der Waals surface area (Å²) in [5.41, 5.74) is 10.9. The zero-order valence-corrected chi connectivity index (χ0v) is 25.9. The fourth-order valence-electron chi connectivity index (χ4n) is 7.47. The summed E-state index contributed by atoms with van der Waals surface area (Å²) >= 11 is 0. The Kier molecular flexibility index (Phi) is 5.94. The summed E-state index contributed by atoms with van der Waals surface area (Å²) in [5.74, 6) is 2.32. The predicted molar refractivity (Wildman–Crippen MR) is 188 cm³/mol. The van der Waals surface area contributed by atoms with E-state index in [4.69, 9.17) is 15.0 Å². The molecule has 5 aromatic carbocycles. The minimum Gasteiger partial charge on any atom is -0.309 e. The first-order valence-corrected chi connectivity index (χ1v) is 16.0. The molecule has 7 aromatic rings. The molecule has 0 saturated carbocycles. The summed E-state index contributed by atoms with van der Waals surface area (Å²) < 4.78 is 2.40. The topological polar surface area (TPSA) is 43.6 Å². The molecular weight excluding hydrogens is 560 g/mol. The van der Waals surface area contributed by atoms with Crippen molar-refractivity contribution in [2.24, 2.45) is 0 Å². The van der Waals surface area contributed by atoms with Gasteiger partial charge in [-0.3, -0.25) is 0 Å². The van der Waals surface area contributed by atoms with Crippen molar-refractivity contribution in [2.75, 3.05) is 0 Å². The lowest BCUT2D eigenvalue weighted by atomic mass is 9.82. The number of aromatic nitrogens is 4. The van der Waals surface area contributed by atoms with Crippen LogP contribution in [0.2, 0.25) is 0 Å². The lowest BCUT2D eigenvalue weighted by molar-refractivity contribution is 0.661. The van der Waals surface area contributed by atoms with Gasteiger partial charge in [0.15, 0.2) is 11.6 Å². The van der Waals surface area contributed by atoms with Gasteiger partial charge in [0.2, 0.25) is 0 Å². The third-order valence-electron chi connectivity index (χ3n) is 9.76. The number of benzene rings is 5. The summed E-state index contributed by atoms with van der Waals surface area (Å²) in [6.07, 6.45) is 9.39. The van der Waals surface area contributed by atoms with Gasteiger partial charge in [-0.2, -0.15) is 0 Å². The van der Waals surface area contributed by atoms with E-state index in [0.29, 0.717) is 11.6 Å². The first-order chi connectivity index (χ1) is 22.6. The summed E-state index contributed by atoms with van der Waals surface area (Å²) in [4.78, 5) is 14.9. The van der Waals surface area contributed by atoms with Crippen LogP contribution in [0.1, 0.15) is 43.1 Å². The lowest BCUT2D eigenvalue weighted by Crippen LogP contribution is -2.14. The molecule has 2 heterocycles. The monoisotopic (exact) mass is 592 g/mol. The largest absolute Gasteiger partial charge is 0.309 e. The highest BCUT2D eigenvalue weighted by atomic mass is 15.0. The third kappa shape index (κ3) is 4.03. The van der Waals surface area contributed by atoms with Crippen molar-refractivity contribution in [1.82, 2.24) is 19.5 Å². The van der Waals surface area contributed by atoms with Gasteiger partial charge in [-0.05, 0) is 65.1 Å². The number of nitrogens with zero attached hydrogens (tertiary/aromatic N) is 4. The molecule has 46 heavy (non-hydrogen) atoms. The molecule has 0 spiro atoms. The third-order valence-corrected chi connectivity index (χ3v) is 9.76. The highest BCUT2D eigenvalue weighted by Gasteiger charge is 2.37. The van der Waals surface area contributed by atoms with Crippen LogP contribution in [0.4, 0.5) is 0 Å². The molecule has 2 aliphatic carbocycles. The molecule has 0 amide bonds. The molecule has 0 radical (unpaired) electrons. The van der Waals surface area contributed by atoms with Crippen LogP contribution >= 0.6 is 0 Å². The number of rotatable bonds is 4. The maximum Gasteiger partial charge on any atom is 0.163 e. The molecule has 9 rings (SSSR count). The number of allylic oxidation sites excluding steroid dienone is 4. The van der Waals surface area contributed by atoms with Gasteiger partial charge in [0.25, 0.3) is 0 Å². The second-order valence-corrected chi connectivity index (χ2v) is 12.8. The zero-order valence-electron chi connectivity index (χ0n) is 25.9. The van der Waals surface area contributed by atoms with E-state index in [1.807, 2.05) is 18.2 Å². The van der Waals surface area contributed by atoms with Gasteiger partial charge in [-0.15, -0.1) is 0 Å². The van der Waals surface area contributed by atoms with Crippen LogP contribution in [-0.2, 0) is 5.41 Å². The molecule has 1 atom stereocenters. The normalized spacial score (nSPS) is 16.2. The van der Waals surface area contributed by atoms with Crippen LogP contribution in [0.25, 0.3) is 61.4 Å².